The molecule has 4 rings (SSSR count). The van der Waals surface area contributed by atoms with Crippen LogP contribution in [0.4, 0.5) is 0 Å². The molecule has 3 atom stereocenters. The molecule has 3 aromatic carbocycles. The SMILES string of the molecule is C[C@@H](CCOCCOC1CCCCO1)OCc1ccccc1.Cc1ccc(S(=O)(=O)OCC[C@H](C)OCc2ccccc2)cc1. The monoisotopic (exact) mass is 642 g/mol. The van der Waals surface area contributed by atoms with E-state index in [1.54, 1.807) is 24.3 Å². The Kier molecular flexibility index (Phi) is 17.4. The maximum Gasteiger partial charge on any atom is 0.296 e. The number of aryl methyl sites for hydroxylation is 1. The Balaban J connectivity index is 0.000000246. The summed E-state index contributed by atoms with van der Waals surface area (Å²) in [7, 11) is -3.70. The van der Waals surface area contributed by atoms with E-state index in [9.17, 15) is 8.42 Å². The van der Waals surface area contributed by atoms with E-state index in [0.717, 1.165) is 37.0 Å². The van der Waals surface area contributed by atoms with Gasteiger partial charge in [0.05, 0.1) is 50.1 Å². The van der Waals surface area contributed by atoms with Crippen molar-refractivity contribution in [3.05, 3.63) is 102 Å². The molecule has 0 bridgehead atoms. The molecule has 3 aromatic rings. The molecule has 0 amide bonds. The molecule has 248 valence electrons. The van der Waals surface area contributed by atoms with Crippen LogP contribution in [0, 0.1) is 6.92 Å². The third-order valence-corrected chi connectivity index (χ3v) is 8.49. The lowest BCUT2D eigenvalue weighted by Crippen LogP contribution is -2.24. The Labute approximate surface area is 270 Å². The van der Waals surface area contributed by atoms with Gasteiger partial charge in [0.2, 0.25) is 0 Å². The minimum atomic E-state index is -3.70. The molecule has 0 N–H and O–H groups in total. The molecular formula is C36H50O8S. The normalized spacial score (nSPS) is 16.4. The van der Waals surface area contributed by atoms with Crippen LogP contribution < -0.4 is 0 Å². The molecule has 45 heavy (non-hydrogen) atoms. The van der Waals surface area contributed by atoms with Gasteiger partial charge in [-0.25, -0.2) is 0 Å². The third kappa shape index (κ3) is 16.0. The molecule has 0 aromatic heterocycles. The van der Waals surface area contributed by atoms with Gasteiger partial charge in [-0.05, 0) is 76.1 Å². The van der Waals surface area contributed by atoms with Crippen LogP contribution in [-0.2, 0) is 51.2 Å². The first-order chi connectivity index (χ1) is 21.8. The molecule has 0 aliphatic carbocycles. The largest absolute Gasteiger partial charge is 0.379 e. The van der Waals surface area contributed by atoms with E-state index in [0.29, 0.717) is 39.5 Å². The maximum atomic E-state index is 12.0. The quantitative estimate of drug-likeness (QED) is 0.106. The number of hydrogen-bond donors (Lipinski definition) is 0. The Morgan fingerprint density at radius 3 is 1.87 bits per heavy atom. The second kappa shape index (κ2) is 21.2. The van der Waals surface area contributed by atoms with Crippen LogP contribution in [-0.4, -0.2) is 60.0 Å². The van der Waals surface area contributed by atoms with Gasteiger partial charge in [-0.15, -0.1) is 0 Å². The summed E-state index contributed by atoms with van der Waals surface area (Å²) < 4.78 is 57.3. The van der Waals surface area contributed by atoms with E-state index in [2.05, 4.69) is 19.1 Å². The second-order valence-corrected chi connectivity index (χ2v) is 12.8. The lowest BCUT2D eigenvalue weighted by Gasteiger charge is -2.22. The van der Waals surface area contributed by atoms with Crippen LogP contribution in [0.3, 0.4) is 0 Å². The lowest BCUT2D eigenvalue weighted by atomic mass is 10.2. The van der Waals surface area contributed by atoms with Gasteiger partial charge in [0.25, 0.3) is 10.1 Å². The highest BCUT2D eigenvalue weighted by atomic mass is 32.2. The summed E-state index contributed by atoms with van der Waals surface area (Å²) in [5.41, 5.74) is 3.30. The standard InChI is InChI=1S/C18H22O4S.C18H28O4/c1-15-8-10-18(11-9-15)23(19,20)22-13-12-16(2)21-14-17-6-4-3-5-7-17;1-16(22-15-17-7-3-2-4-8-17)10-12-19-13-14-21-18-9-5-6-11-20-18/h3-11,16H,12-14H2,1-2H3;2-4,7-8,16,18H,5-6,9-15H2,1H3/t16-;16-,18?/m00/s1. The van der Waals surface area contributed by atoms with Crippen molar-refractivity contribution in [3.63, 3.8) is 0 Å². The van der Waals surface area contributed by atoms with E-state index in [1.807, 2.05) is 62.4 Å². The number of rotatable bonds is 18. The Bertz CT molecular complexity index is 1260. The summed E-state index contributed by atoms with van der Waals surface area (Å²) in [6, 6.07) is 26.7. The highest BCUT2D eigenvalue weighted by Crippen LogP contribution is 2.15. The summed E-state index contributed by atoms with van der Waals surface area (Å²) >= 11 is 0. The highest BCUT2D eigenvalue weighted by molar-refractivity contribution is 7.86. The fourth-order valence-corrected chi connectivity index (χ4v) is 5.24. The van der Waals surface area contributed by atoms with Crippen molar-refractivity contribution < 1.29 is 36.3 Å². The summed E-state index contributed by atoms with van der Waals surface area (Å²) in [4.78, 5) is 0.181. The Hall–Kier alpha value is -2.63. The number of hydrogen-bond acceptors (Lipinski definition) is 8. The van der Waals surface area contributed by atoms with Crippen LogP contribution in [0.25, 0.3) is 0 Å². The van der Waals surface area contributed by atoms with Gasteiger partial charge < -0.3 is 23.7 Å². The van der Waals surface area contributed by atoms with Crippen LogP contribution in [0.15, 0.2) is 89.8 Å². The van der Waals surface area contributed by atoms with Gasteiger partial charge in [0.15, 0.2) is 6.29 Å². The van der Waals surface area contributed by atoms with E-state index in [-0.39, 0.29) is 30.0 Å². The zero-order valence-electron chi connectivity index (χ0n) is 27.0. The van der Waals surface area contributed by atoms with Crippen molar-refractivity contribution in [2.24, 2.45) is 0 Å². The molecule has 0 saturated carbocycles. The maximum absolute atomic E-state index is 12.0. The molecule has 1 aliphatic rings. The summed E-state index contributed by atoms with van der Waals surface area (Å²) in [5.74, 6) is 0. The second-order valence-electron chi connectivity index (χ2n) is 11.2. The molecule has 1 aliphatic heterocycles. The van der Waals surface area contributed by atoms with Crippen molar-refractivity contribution in [3.8, 4) is 0 Å². The molecule has 1 unspecified atom stereocenters. The van der Waals surface area contributed by atoms with Crippen molar-refractivity contribution in [1.82, 2.24) is 0 Å². The molecule has 1 heterocycles. The van der Waals surface area contributed by atoms with Crippen molar-refractivity contribution in [1.29, 1.82) is 0 Å². The summed E-state index contributed by atoms with van der Waals surface area (Å²) in [5, 5.41) is 0. The first-order valence-corrected chi connectivity index (χ1v) is 17.3. The van der Waals surface area contributed by atoms with E-state index in [1.165, 1.54) is 12.0 Å². The summed E-state index contributed by atoms with van der Waals surface area (Å²) in [6.07, 6.45) is 4.85. The van der Waals surface area contributed by atoms with Crippen LogP contribution in [0.5, 0.6) is 0 Å². The lowest BCUT2D eigenvalue weighted by molar-refractivity contribution is -0.169. The van der Waals surface area contributed by atoms with Crippen molar-refractivity contribution in [2.75, 3.05) is 33.0 Å². The van der Waals surface area contributed by atoms with Gasteiger partial charge in [-0.1, -0.05) is 78.4 Å². The predicted octanol–water partition coefficient (Wildman–Crippen LogP) is 7.24. The zero-order chi connectivity index (χ0) is 32.2. The predicted molar refractivity (Wildman–Crippen MR) is 175 cm³/mol. The molecule has 0 spiro atoms. The van der Waals surface area contributed by atoms with Gasteiger partial charge in [0.1, 0.15) is 0 Å². The molecular weight excluding hydrogens is 592 g/mol. The third-order valence-electron chi connectivity index (χ3n) is 7.17. The fourth-order valence-electron chi connectivity index (χ4n) is 4.32. The van der Waals surface area contributed by atoms with E-state index < -0.39 is 10.1 Å². The average molecular weight is 643 g/mol. The minimum Gasteiger partial charge on any atom is -0.379 e. The molecule has 1 saturated heterocycles. The average Bonchev–Trinajstić information content (AvgIpc) is 3.06. The van der Waals surface area contributed by atoms with Gasteiger partial charge in [-0.3, -0.25) is 4.18 Å². The smallest absolute Gasteiger partial charge is 0.296 e. The van der Waals surface area contributed by atoms with Crippen LogP contribution in [0.2, 0.25) is 0 Å². The minimum absolute atomic E-state index is 0.0227. The molecule has 0 radical (unpaired) electrons. The van der Waals surface area contributed by atoms with Crippen LogP contribution >= 0.6 is 0 Å². The molecule has 8 nitrogen and oxygen atoms in total. The van der Waals surface area contributed by atoms with Crippen LogP contribution in [0.1, 0.15) is 62.6 Å². The topological polar surface area (TPSA) is 89.5 Å². The first-order valence-electron chi connectivity index (χ1n) is 15.9. The number of benzene rings is 3. The van der Waals surface area contributed by atoms with Gasteiger partial charge in [-0.2, -0.15) is 8.42 Å². The van der Waals surface area contributed by atoms with Gasteiger partial charge in [0, 0.05) is 13.2 Å². The van der Waals surface area contributed by atoms with Crippen molar-refractivity contribution in [2.45, 2.75) is 89.5 Å². The molecule has 9 heteroatoms. The van der Waals surface area contributed by atoms with Gasteiger partial charge >= 0.3 is 0 Å². The number of ether oxygens (including phenoxy) is 5. The Morgan fingerprint density at radius 1 is 0.733 bits per heavy atom. The highest BCUT2D eigenvalue weighted by Gasteiger charge is 2.16. The van der Waals surface area contributed by atoms with Crippen molar-refractivity contribution >= 4 is 10.1 Å². The van der Waals surface area contributed by atoms with E-state index in [4.69, 9.17) is 27.9 Å². The van der Waals surface area contributed by atoms with E-state index >= 15 is 0 Å². The fraction of sp³-hybridized carbons (Fsp3) is 0.500. The first kappa shape index (κ1) is 36.8. The Morgan fingerprint density at radius 2 is 1.31 bits per heavy atom. The molecule has 1 fully saturated rings. The zero-order valence-corrected chi connectivity index (χ0v) is 27.8. The summed E-state index contributed by atoms with van der Waals surface area (Å²) in [6.45, 7) is 9.90.